The van der Waals surface area contributed by atoms with E-state index in [1.165, 1.54) is 6.92 Å². The molecule has 0 aliphatic carbocycles. The van der Waals surface area contributed by atoms with E-state index in [1.807, 2.05) is 49.4 Å². The highest BCUT2D eigenvalue weighted by molar-refractivity contribution is 5.99. The maximum atomic E-state index is 12.3. The zero-order chi connectivity index (χ0) is 16.3. The van der Waals surface area contributed by atoms with E-state index in [2.05, 4.69) is 0 Å². The van der Waals surface area contributed by atoms with Crippen LogP contribution < -0.4 is 0 Å². The van der Waals surface area contributed by atoms with Crippen molar-refractivity contribution in [1.82, 2.24) is 0 Å². The summed E-state index contributed by atoms with van der Waals surface area (Å²) in [4.78, 5) is 24.3. The summed E-state index contributed by atoms with van der Waals surface area (Å²) in [7, 11) is 0. The highest BCUT2D eigenvalue weighted by Crippen LogP contribution is 2.32. The van der Waals surface area contributed by atoms with Gasteiger partial charge in [0.1, 0.15) is 11.7 Å². The second-order valence-electron chi connectivity index (χ2n) is 5.93. The summed E-state index contributed by atoms with van der Waals surface area (Å²) in [6.45, 7) is 6.94. The third kappa shape index (κ3) is 3.35. The van der Waals surface area contributed by atoms with Gasteiger partial charge < -0.3 is 4.74 Å². The van der Waals surface area contributed by atoms with E-state index in [1.54, 1.807) is 13.8 Å². The van der Waals surface area contributed by atoms with Crippen LogP contribution in [0.15, 0.2) is 42.5 Å². The van der Waals surface area contributed by atoms with E-state index in [0.29, 0.717) is 0 Å². The molecule has 0 bridgehead atoms. The van der Waals surface area contributed by atoms with E-state index in [9.17, 15) is 9.59 Å². The fourth-order valence-electron chi connectivity index (χ4n) is 2.85. The van der Waals surface area contributed by atoms with E-state index in [4.69, 9.17) is 4.74 Å². The first-order chi connectivity index (χ1) is 10.4. The molecule has 2 atom stereocenters. The predicted octanol–water partition coefficient (Wildman–Crippen LogP) is 4.10. The molecule has 0 fully saturated rings. The number of ether oxygens (including phenoxy) is 1. The van der Waals surface area contributed by atoms with Crippen LogP contribution in [0.5, 0.6) is 0 Å². The molecule has 2 aromatic carbocycles. The summed E-state index contributed by atoms with van der Waals surface area (Å²) < 4.78 is 5.27. The molecule has 22 heavy (non-hydrogen) atoms. The number of ketones is 1. The lowest BCUT2D eigenvalue weighted by Crippen LogP contribution is -2.31. The van der Waals surface area contributed by atoms with Crippen LogP contribution >= 0.6 is 0 Å². The lowest BCUT2D eigenvalue weighted by Gasteiger charge is -2.23. The van der Waals surface area contributed by atoms with Crippen LogP contribution in [0.1, 0.15) is 39.2 Å². The summed E-state index contributed by atoms with van der Waals surface area (Å²) in [6.07, 6.45) is -0.228. The molecule has 0 aliphatic rings. The molecule has 3 heteroatoms. The van der Waals surface area contributed by atoms with Crippen molar-refractivity contribution in [3.63, 3.8) is 0 Å². The Hall–Kier alpha value is -2.16. The van der Waals surface area contributed by atoms with Crippen molar-refractivity contribution in [3.05, 3.63) is 48.0 Å². The molecule has 2 unspecified atom stereocenters. The second-order valence-corrected chi connectivity index (χ2v) is 5.93. The van der Waals surface area contributed by atoms with Gasteiger partial charge in [-0.05, 0) is 37.1 Å². The average Bonchev–Trinajstić information content (AvgIpc) is 2.45. The van der Waals surface area contributed by atoms with Crippen molar-refractivity contribution in [3.8, 4) is 0 Å². The zero-order valence-corrected chi connectivity index (χ0v) is 13.5. The quantitative estimate of drug-likeness (QED) is 0.616. The minimum absolute atomic E-state index is 0.161. The van der Waals surface area contributed by atoms with E-state index >= 15 is 0 Å². The summed E-state index contributed by atoms with van der Waals surface area (Å²) in [5, 5.41) is 2.17. The molecular weight excluding hydrogens is 276 g/mol. The van der Waals surface area contributed by atoms with Gasteiger partial charge in [-0.3, -0.25) is 9.59 Å². The number of hydrogen-bond acceptors (Lipinski definition) is 3. The molecule has 0 saturated heterocycles. The first-order valence-corrected chi connectivity index (χ1v) is 7.60. The standard InChI is InChI=1S/C19H22O3/c1-12(2)22-19(21)18(14(4)20)13(3)16-11-7-9-15-8-5-6-10-17(15)16/h5-13,18H,1-4H3. The van der Waals surface area contributed by atoms with Crippen LogP contribution in [0.3, 0.4) is 0 Å². The highest BCUT2D eigenvalue weighted by atomic mass is 16.5. The summed E-state index contributed by atoms with van der Waals surface area (Å²) in [5.74, 6) is -1.60. The van der Waals surface area contributed by atoms with Gasteiger partial charge in [-0.2, -0.15) is 0 Å². The lowest BCUT2D eigenvalue weighted by atomic mass is 9.83. The SMILES string of the molecule is CC(=O)C(C(=O)OC(C)C)C(C)c1cccc2ccccc12. The van der Waals surface area contributed by atoms with Crippen molar-refractivity contribution in [1.29, 1.82) is 0 Å². The van der Waals surface area contributed by atoms with Crippen molar-refractivity contribution in [2.75, 3.05) is 0 Å². The maximum absolute atomic E-state index is 12.3. The van der Waals surface area contributed by atoms with Crippen LogP contribution in [-0.2, 0) is 14.3 Å². The van der Waals surface area contributed by atoms with Gasteiger partial charge in [0.25, 0.3) is 0 Å². The fraction of sp³-hybridized carbons (Fsp3) is 0.368. The Balaban J connectivity index is 2.43. The molecule has 0 N–H and O–H groups in total. The van der Waals surface area contributed by atoms with Crippen molar-refractivity contribution >= 4 is 22.5 Å². The van der Waals surface area contributed by atoms with Crippen LogP contribution in [0, 0.1) is 5.92 Å². The van der Waals surface area contributed by atoms with Gasteiger partial charge >= 0.3 is 5.97 Å². The van der Waals surface area contributed by atoms with Gasteiger partial charge in [0, 0.05) is 5.92 Å². The smallest absolute Gasteiger partial charge is 0.317 e. The normalized spacial score (nSPS) is 13.9. The molecule has 2 rings (SSSR count). The Labute approximate surface area is 131 Å². The van der Waals surface area contributed by atoms with Gasteiger partial charge in [0.2, 0.25) is 0 Å². The topological polar surface area (TPSA) is 43.4 Å². The molecule has 0 spiro atoms. The molecule has 2 aromatic rings. The number of Topliss-reactive ketones (excluding diaryl/α,β-unsaturated/α-hetero) is 1. The molecule has 3 nitrogen and oxygen atoms in total. The van der Waals surface area contributed by atoms with Gasteiger partial charge in [-0.1, -0.05) is 49.4 Å². The van der Waals surface area contributed by atoms with Gasteiger partial charge in [0.05, 0.1) is 6.10 Å². The van der Waals surface area contributed by atoms with E-state index in [-0.39, 0.29) is 17.8 Å². The maximum Gasteiger partial charge on any atom is 0.317 e. The van der Waals surface area contributed by atoms with E-state index in [0.717, 1.165) is 16.3 Å². The third-order valence-corrected chi connectivity index (χ3v) is 3.86. The van der Waals surface area contributed by atoms with Crippen molar-refractivity contribution < 1.29 is 14.3 Å². The number of fused-ring (bicyclic) bond motifs is 1. The monoisotopic (exact) mass is 298 g/mol. The molecule has 0 saturated carbocycles. The number of hydrogen-bond donors (Lipinski definition) is 0. The average molecular weight is 298 g/mol. The van der Waals surface area contributed by atoms with Gasteiger partial charge in [0.15, 0.2) is 0 Å². The van der Waals surface area contributed by atoms with Crippen LogP contribution in [0.4, 0.5) is 0 Å². The summed E-state index contributed by atoms with van der Waals surface area (Å²) >= 11 is 0. The lowest BCUT2D eigenvalue weighted by molar-refractivity contribution is -0.155. The molecule has 0 radical (unpaired) electrons. The van der Waals surface area contributed by atoms with Gasteiger partial charge in [-0.15, -0.1) is 0 Å². The number of rotatable bonds is 5. The Morgan fingerprint density at radius 3 is 2.23 bits per heavy atom. The molecular formula is C19H22O3. The number of esters is 1. The molecule has 116 valence electrons. The van der Waals surface area contributed by atoms with Crippen molar-refractivity contribution in [2.24, 2.45) is 5.92 Å². The fourth-order valence-corrected chi connectivity index (χ4v) is 2.85. The zero-order valence-electron chi connectivity index (χ0n) is 13.5. The van der Waals surface area contributed by atoms with Crippen LogP contribution in [0.2, 0.25) is 0 Å². The first kappa shape index (κ1) is 16.2. The number of carbonyl (C=O) groups excluding carboxylic acids is 2. The summed E-state index contributed by atoms with van der Waals surface area (Å²) in [6, 6.07) is 14.0. The van der Waals surface area contributed by atoms with Crippen LogP contribution in [0.25, 0.3) is 10.8 Å². The Morgan fingerprint density at radius 1 is 0.955 bits per heavy atom. The molecule has 0 aromatic heterocycles. The minimum Gasteiger partial charge on any atom is -0.462 e. The largest absolute Gasteiger partial charge is 0.462 e. The number of carbonyl (C=O) groups is 2. The summed E-state index contributed by atoms with van der Waals surface area (Å²) in [5.41, 5.74) is 0.999. The predicted molar refractivity (Wildman–Crippen MR) is 87.8 cm³/mol. The third-order valence-electron chi connectivity index (χ3n) is 3.86. The van der Waals surface area contributed by atoms with E-state index < -0.39 is 11.9 Å². The minimum atomic E-state index is -0.770. The second kappa shape index (κ2) is 6.73. The highest BCUT2D eigenvalue weighted by Gasteiger charge is 2.33. The Bertz CT molecular complexity index is 683. The van der Waals surface area contributed by atoms with Crippen LogP contribution in [-0.4, -0.2) is 17.9 Å². The Morgan fingerprint density at radius 2 is 1.59 bits per heavy atom. The van der Waals surface area contributed by atoms with Gasteiger partial charge in [-0.25, -0.2) is 0 Å². The first-order valence-electron chi connectivity index (χ1n) is 7.60. The number of benzene rings is 2. The molecule has 0 aliphatic heterocycles. The molecule has 0 amide bonds. The van der Waals surface area contributed by atoms with Crippen molar-refractivity contribution in [2.45, 2.75) is 39.7 Å². The molecule has 0 heterocycles. The Kier molecular flexibility index (Phi) is 4.96.